The van der Waals surface area contributed by atoms with E-state index in [1.165, 1.54) is 25.3 Å². The lowest BCUT2D eigenvalue weighted by molar-refractivity contribution is -0.107. The van der Waals surface area contributed by atoms with Gasteiger partial charge in [-0.25, -0.2) is 4.98 Å². The molecular weight excluding hydrogens is 543 g/mol. The van der Waals surface area contributed by atoms with Crippen molar-refractivity contribution in [2.45, 2.75) is 12.9 Å². The summed E-state index contributed by atoms with van der Waals surface area (Å²) in [5.41, 5.74) is 8.22. The quantitative estimate of drug-likeness (QED) is 0.203. The number of para-hydroxylation sites is 2. The molecule has 0 fully saturated rings. The van der Waals surface area contributed by atoms with Gasteiger partial charge in [-0.2, -0.15) is 4.98 Å². The van der Waals surface area contributed by atoms with Gasteiger partial charge in [0.05, 0.1) is 30.7 Å². The Labute approximate surface area is 228 Å². The number of halogens is 3. The fourth-order valence-corrected chi connectivity index (χ4v) is 4.53. The number of nitrogen functional groups attached to an aromatic ring is 1. The summed E-state index contributed by atoms with van der Waals surface area (Å²) in [6, 6.07) is 8.78. The molecule has 1 unspecified atom stereocenters. The average molecular weight is 566 g/mol. The van der Waals surface area contributed by atoms with Crippen molar-refractivity contribution in [1.82, 2.24) is 9.97 Å². The number of carbonyl (C=O) groups excluding carboxylic acids is 1. The van der Waals surface area contributed by atoms with Gasteiger partial charge in [0.15, 0.2) is 0 Å². The Hall–Kier alpha value is -3.44. The second kappa shape index (κ2) is 11.3. The van der Waals surface area contributed by atoms with E-state index in [0.717, 1.165) is 0 Å². The van der Waals surface area contributed by atoms with Gasteiger partial charge >= 0.3 is 0 Å². The number of nitrogens with two attached hydrogens (primary N) is 1. The summed E-state index contributed by atoms with van der Waals surface area (Å²) in [5, 5.41) is 14.0. The van der Waals surface area contributed by atoms with Crippen LogP contribution in [0.15, 0.2) is 48.7 Å². The Morgan fingerprint density at radius 3 is 2.73 bits per heavy atom. The van der Waals surface area contributed by atoms with E-state index in [4.69, 9.17) is 50.0 Å². The zero-order valence-electron chi connectivity index (χ0n) is 19.8. The van der Waals surface area contributed by atoms with Gasteiger partial charge in [0.2, 0.25) is 17.5 Å². The van der Waals surface area contributed by atoms with Gasteiger partial charge in [-0.1, -0.05) is 35.3 Å². The van der Waals surface area contributed by atoms with Crippen molar-refractivity contribution in [1.29, 1.82) is 0 Å². The van der Waals surface area contributed by atoms with Crippen LogP contribution in [0, 0.1) is 0 Å². The number of hydrogen-bond donors (Lipinski definition) is 3. The van der Waals surface area contributed by atoms with Crippen LogP contribution >= 0.6 is 34.8 Å². The summed E-state index contributed by atoms with van der Waals surface area (Å²) >= 11 is 18.6. The summed E-state index contributed by atoms with van der Waals surface area (Å²) < 4.78 is 11.1. The molecule has 0 bridgehead atoms. The molecule has 194 valence electrons. The molecule has 0 spiro atoms. The van der Waals surface area contributed by atoms with Crippen LogP contribution in [0.3, 0.4) is 0 Å². The first-order valence-electron chi connectivity index (χ1n) is 10.9. The third kappa shape index (κ3) is 5.62. The van der Waals surface area contributed by atoms with E-state index in [1.54, 1.807) is 29.1 Å². The molecule has 37 heavy (non-hydrogen) atoms. The molecule has 2 aromatic carbocycles. The number of hydrogen-bond acceptors (Lipinski definition) is 10. The minimum Gasteiger partial charge on any atom is -0.495 e. The number of aliphatic hydroxyl groups excluding tert-OH is 1. The predicted octanol–water partition coefficient (Wildman–Crippen LogP) is 4.55. The largest absolute Gasteiger partial charge is 0.495 e. The fraction of sp³-hybridized carbons (Fsp3) is 0.208. The van der Waals surface area contributed by atoms with Crippen LogP contribution in [-0.2, 0) is 11.3 Å². The normalized spacial score (nSPS) is 15.0. The minimum absolute atomic E-state index is 0.0171. The summed E-state index contributed by atoms with van der Waals surface area (Å²) in [6.07, 6.45) is 3.06. The average Bonchev–Trinajstić information content (AvgIpc) is 2.87. The van der Waals surface area contributed by atoms with Crippen LogP contribution in [-0.4, -0.2) is 47.4 Å². The van der Waals surface area contributed by atoms with E-state index < -0.39 is 11.6 Å². The third-order valence-electron chi connectivity index (χ3n) is 5.55. The number of benzene rings is 2. The number of ether oxygens (including phenoxy) is 2. The van der Waals surface area contributed by atoms with Crippen molar-refractivity contribution in [2.24, 2.45) is 0 Å². The van der Waals surface area contributed by atoms with Crippen LogP contribution in [0.25, 0.3) is 0 Å². The van der Waals surface area contributed by atoms with Crippen molar-refractivity contribution in [3.8, 4) is 11.5 Å². The van der Waals surface area contributed by atoms with Gasteiger partial charge in [0.25, 0.3) is 0 Å². The summed E-state index contributed by atoms with van der Waals surface area (Å²) in [6.45, 7) is 0.199. The maximum Gasteiger partial charge on any atom is 0.244 e. The highest BCUT2D eigenvalue weighted by Crippen LogP contribution is 2.48. The number of fused-ring (bicyclic) bond motifs is 1. The van der Waals surface area contributed by atoms with Crippen molar-refractivity contribution in [3.05, 3.63) is 64.3 Å². The van der Waals surface area contributed by atoms with Crippen molar-refractivity contribution < 1.29 is 19.4 Å². The Bertz CT molecular complexity index is 1360. The molecule has 1 aromatic heterocycles. The molecule has 1 atom stereocenters. The molecular formula is C24H23Cl3N6O4. The summed E-state index contributed by atoms with van der Waals surface area (Å²) in [4.78, 5) is 23.0. The lowest BCUT2D eigenvalue weighted by Gasteiger charge is -2.42. The fourth-order valence-electron chi connectivity index (χ4n) is 3.74. The summed E-state index contributed by atoms with van der Waals surface area (Å²) in [5.74, 6) is 1.35. The molecule has 0 amide bonds. The van der Waals surface area contributed by atoms with Gasteiger partial charge in [-0.05, 0) is 35.9 Å². The molecule has 1 aliphatic rings. The topological polar surface area (TPSA) is 126 Å². The predicted molar refractivity (Wildman–Crippen MR) is 145 cm³/mol. The van der Waals surface area contributed by atoms with E-state index in [1.807, 2.05) is 18.2 Å². The number of methoxy groups -OCH3 is 1. The first-order chi connectivity index (χ1) is 17.7. The molecule has 1 aliphatic heterocycles. The molecule has 0 saturated heterocycles. The van der Waals surface area contributed by atoms with E-state index in [9.17, 15) is 9.90 Å². The molecule has 4 rings (SSSR count). The van der Waals surface area contributed by atoms with Crippen molar-refractivity contribution in [2.75, 3.05) is 41.6 Å². The molecule has 2 heterocycles. The van der Waals surface area contributed by atoms with Crippen molar-refractivity contribution >= 4 is 68.9 Å². The molecule has 10 nitrogen and oxygen atoms in total. The van der Waals surface area contributed by atoms with Gasteiger partial charge in [-0.3, -0.25) is 4.79 Å². The van der Waals surface area contributed by atoms with Gasteiger partial charge in [0, 0.05) is 24.9 Å². The van der Waals surface area contributed by atoms with Crippen molar-refractivity contribution in [3.63, 3.8) is 0 Å². The Morgan fingerprint density at radius 2 is 2.03 bits per heavy atom. The van der Waals surface area contributed by atoms with Crippen LogP contribution in [0.5, 0.6) is 11.5 Å². The highest BCUT2D eigenvalue weighted by Gasteiger charge is 2.34. The highest BCUT2D eigenvalue weighted by molar-refractivity contribution is 6.66. The van der Waals surface area contributed by atoms with Gasteiger partial charge < -0.3 is 35.4 Å². The van der Waals surface area contributed by atoms with E-state index in [-0.39, 0.29) is 34.7 Å². The SMILES string of the molecule is COc1cc(OC/C=C/C(=O)Cl)c(Cl)c(N2Cc3cnc(Nc4ccccc4N)nc3N(C)C2O)c1Cl. The molecule has 3 aromatic rings. The molecule has 0 aliphatic carbocycles. The highest BCUT2D eigenvalue weighted by atomic mass is 35.5. The molecule has 4 N–H and O–H groups in total. The monoisotopic (exact) mass is 564 g/mol. The van der Waals surface area contributed by atoms with Crippen LogP contribution < -0.4 is 30.3 Å². The smallest absolute Gasteiger partial charge is 0.244 e. The van der Waals surface area contributed by atoms with Crippen LogP contribution in [0.4, 0.5) is 28.8 Å². The van der Waals surface area contributed by atoms with E-state index in [0.29, 0.717) is 34.4 Å². The number of carbonyl (C=O) groups is 1. The standard InChI is InChI=1S/C24H23Cl3N6O4/c1-32-22-13(11-29-23(31-22)30-15-7-4-3-6-14(15)28)12-33(24(32)35)21-19(26)16(36-2)10-17(20(21)27)37-9-5-8-18(25)34/h3-8,10-11,24,35H,9,12,28H2,1-2H3,(H,29,30,31)/b8-5+. The lowest BCUT2D eigenvalue weighted by Crippen LogP contribution is -2.51. The Kier molecular flexibility index (Phi) is 8.13. The first-order valence-corrected chi connectivity index (χ1v) is 12.0. The Morgan fingerprint density at radius 1 is 1.30 bits per heavy atom. The van der Waals surface area contributed by atoms with Crippen LogP contribution in [0.2, 0.25) is 10.0 Å². The minimum atomic E-state index is -1.19. The third-order valence-corrected chi connectivity index (χ3v) is 6.41. The number of allylic oxidation sites excluding steroid dienone is 1. The lowest BCUT2D eigenvalue weighted by atomic mass is 10.1. The Balaban J connectivity index is 1.66. The first kappa shape index (κ1) is 26.6. The number of aliphatic hydroxyl groups is 1. The van der Waals surface area contributed by atoms with Gasteiger partial charge in [0.1, 0.15) is 34.0 Å². The maximum atomic E-state index is 11.2. The second-order valence-electron chi connectivity index (χ2n) is 7.91. The van der Waals surface area contributed by atoms with Crippen LogP contribution in [0.1, 0.15) is 5.56 Å². The van der Waals surface area contributed by atoms with E-state index in [2.05, 4.69) is 15.3 Å². The molecule has 0 saturated carbocycles. The van der Waals surface area contributed by atoms with E-state index >= 15 is 0 Å². The second-order valence-corrected chi connectivity index (χ2v) is 9.04. The number of aromatic nitrogens is 2. The zero-order valence-corrected chi connectivity index (χ0v) is 22.1. The number of rotatable bonds is 8. The number of nitrogens with one attached hydrogen (secondary N) is 1. The maximum absolute atomic E-state index is 11.2. The zero-order chi connectivity index (χ0) is 26.7. The molecule has 13 heteroatoms. The number of anilines is 5. The summed E-state index contributed by atoms with van der Waals surface area (Å²) in [7, 11) is 3.13. The molecule has 0 radical (unpaired) electrons. The number of nitrogens with zero attached hydrogens (tertiary/aromatic N) is 4. The van der Waals surface area contributed by atoms with Gasteiger partial charge in [-0.15, -0.1) is 0 Å².